The molecule has 128 valence electrons. The van der Waals surface area contributed by atoms with Crippen molar-refractivity contribution in [1.29, 1.82) is 0 Å². The molecule has 1 fully saturated rings. The van der Waals surface area contributed by atoms with Gasteiger partial charge in [0.15, 0.2) is 0 Å². The molecule has 1 aliphatic rings. The van der Waals surface area contributed by atoms with E-state index < -0.39 is 24.3 Å². The van der Waals surface area contributed by atoms with E-state index in [1.807, 2.05) is 30.3 Å². The number of carbonyl (C=O) groups excluding carboxylic acids is 1. The van der Waals surface area contributed by atoms with Crippen molar-refractivity contribution in [3.8, 4) is 0 Å². The van der Waals surface area contributed by atoms with Crippen molar-refractivity contribution in [3.05, 3.63) is 46.3 Å². The van der Waals surface area contributed by atoms with E-state index >= 15 is 0 Å². The van der Waals surface area contributed by atoms with Crippen LogP contribution < -0.4 is 10.6 Å². The summed E-state index contributed by atoms with van der Waals surface area (Å²) in [6, 6.07) is 8.09. The Morgan fingerprint density at radius 2 is 2.04 bits per heavy atom. The van der Waals surface area contributed by atoms with Crippen LogP contribution in [0.25, 0.3) is 10.4 Å². The van der Waals surface area contributed by atoms with E-state index in [9.17, 15) is 9.59 Å². The Morgan fingerprint density at radius 1 is 1.29 bits per heavy atom. The van der Waals surface area contributed by atoms with E-state index in [0.29, 0.717) is 19.3 Å². The zero-order valence-electron chi connectivity index (χ0n) is 13.0. The highest BCUT2D eigenvalue weighted by molar-refractivity contribution is 5.67. The van der Waals surface area contributed by atoms with Crippen LogP contribution in [0.3, 0.4) is 0 Å². The Morgan fingerprint density at radius 3 is 2.71 bits per heavy atom. The zero-order chi connectivity index (χ0) is 17.4. The first-order valence-electron chi connectivity index (χ1n) is 7.59. The molecule has 1 saturated carbocycles. The minimum Gasteiger partial charge on any atom is -0.465 e. The summed E-state index contributed by atoms with van der Waals surface area (Å²) in [4.78, 5) is 25.4. The first-order valence-corrected chi connectivity index (χ1v) is 7.59. The molecule has 0 spiro atoms. The Kier molecular flexibility index (Phi) is 6.27. The van der Waals surface area contributed by atoms with Gasteiger partial charge in [-0.25, -0.2) is 9.59 Å². The third kappa shape index (κ3) is 5.36. The van der Waals surface area contributed by atoms with E-state index in [-0.39, 0.29) is 12.6 Å². The van der Waals surface area contributed by atoms with Crippen molar-refractivity contribution in [3.63, 3.8) is 0 Å². The molecule has 3 unspecified atom stereocenters. The third-order valence-electron chi connectivity index (χ3n) is 3.86. The lowest BCUT2D eigenvalue weighted by molar-refractivity contribution is 0.130. The molecule has 0 aliphatic heterocycles. The Labute approximate surface area is 138 Å². The smallest absolute Gasteiger partial charge is 0.407 e. The van der Waals surface area contributed by atoms with Crippen molar-refractivity contribution in [1.82, 2.24) is 10.6 Å². The van der Waals surface area contributed by atoms with Crippen molar-refractivity contribution < 1.29 is 19.4 Å². The number of ether oxygens (including phenoxy) is 1. The van der Waals surface area contributed by atoms with Gasteiger partial charge in [-0.2, -0.15) is 0 Å². The molecule has 1 aromatic rings. The Hall–Kier alpha value is -2.93. The Balaban J connectivity index is 1.83. The standard InChI is InChI=1S/C15H19N5O4/c16-20-19-13-8-11(6-7-12(13)18-14(21)22)17-15(23)24-9-10-4-2-1-3-5-10/h1-5,11-13,18H,6-9H2,(H,17,23)(H,21,22). The average molecular weight is 333 g/mol. The third-order valence-corrected chi connectivity index (χ3v) is 3.86. The molecule has 0 heterocycles. The summed E-state index contributed by atoms with van der Waals surface area (Å²) in [6.07, 6.45) is -0.308. The second kappa shape index (κ2) is 8.64. The van der Waals surface area contributed by atoms with E-state index in [1.165, 1.54) is 0 Å². The second-order valence-electron chi connectivity index (χ2n) is 5.54. The van der Waals surface area contributed by atoms with Gasteiger partial charge in [0.05, 0.1) is 6.04 Å². The molecule has 24 heavy (non-hydrogen) atoms. The fraction of sp³-hybridized carbons (Fsp3) is 0.467. The van der Waals surface area contributed by atoms with Crippen LogP contribution >= 0.6 is 0 Å². The van der Waals surface area contributed by atoms with Gasteiger partial charge in [-0.05, 0) is 30.4 Å². The first kappa shape index (κ1) is 17.4. The largest absolute Gasteiger partial charge is 0.465 e. The molecule has 9 nitrogen and oxygen atoms in total. The van der Waals surface area contributed by atoms with Gasteiger partial charge in [0.1, 0.15) is 6.61 Å². The van der Waals surface area contributed by atoms with Gasteiger partial charge in [0, 0.05) is 17.0 Å². The molecule has 1 aromatic carbocycles. The maximum atomic E-state index is 11.9. The highest BCUT2D eigenvalue weighted by Gasteiger charge is 2.31. The fourth-order valence-corrected chi connectivity index (χ4v) is 2.73. The summed E-state index contributed by atoms with van der Waals surface area (Å²) in [6.45, 7) is 0.169. The topological polar surface area (TPSA) is 136 Å². The summed E-state index contributed by atoms with van der Waals surface area (Å²) in [5.74, 6) is 0. The highest BCUT2D eigenvalue weighted by Crippen LogP contribution is 2.22. The van der Waals surface area contributed by atoms with E-state index in [1.54, 1.807) is 0 Å². The van der Waals surface area contributed by atoms with Crippen LogP contribution in [0.4, 0.5) is 9.59 Å². The maximum absolute atomic E-state index is 11.9. The monoisotopic (exact) mass is 333 g/mol. The van der Waals surface area contributed by atoms with Crippen LogP contribution in [0.1, 0.15) is 24.8 Å². The zero-order valence-corrected chi connectivity index (χ0v) is 13.0. The molecule has 2 rings (SSSR count). The second-order valence-corrected chi connectivity index (χ2v) is 5.54. The number of carbonyl (C=O) groups is 2. The lowest BCUT2D eigenvalue weighted by atomic mass is 9.87. The quantitative estimate of drug-likeness (QED) is 0.433. The number of nitrogens with zero attached hydrogens (tertiary/aromatic N) is 3. The van der Waals surface area contributed by atoms with Crippen LogP contribution in [0.5, 0.6) is 0 Å². The number of amides is 2. The van der Waals surface area contributed by atoms with Crippen molar-refractivity contribution in [2.24, 2.45) is 5.11 Å². The predicted octanol–water partition coefficient (Wildman–Crippen LogP) is 2.78. The molecule has 2 amide bonds. The normalized spacial score (nSPS) is 22.8. The molecule has 0 saturated heterocycles. The summed E-state index contributed by atoms with van der Waals surface area (Å²) >= 11 is 0. The minimum atomic E-state index is -1.16. The van der Waals surface area contributed by atoms with E-state index in [2.05, 4.69) is 20.7 Å². The number of hydrogen-bond acceptors (Lipinski definition) is 4. The van der Waals surface area contributed by atoms with Crippen molar-refractivity contribution in [2.45, 2.75) is 44.0 Å². The minimum absolute atomic E-state index is 0.169. The summed E-state index contributed by atoms with van der Waals surface area (Å²) in [5.41, 5.74) is 9.50. The molecule has 3 atom stereocenters. The highest BCUT2D eigenvalue weighted by atomic mass is 16.5. The van der Waals surface area contributed by atoms with Gasteiger partial charge >= 0.3 is 12.2 Å². The summed E-state index contributed by atoms with van der Waals surface area (Å²) < 4.78 is 5.15. The molecule has 0 aromatic heterocycles. The molecule has 0 radical (unpaired) electrons. The van der Waals surface area contributed by atoms with Crippen LogP contribution in [-0.4, -0.2) is 35.4 Å². The fourth-order valence-electron chi connectivity index (χ4n) is 2.73. The molecule has 9 heteroatoms. The average Bonchev–Trinajstić information content (AvgIpc) is 2.56. The number of rotatable bonds is 5. The Bertz CT molecular complexity index is 618. The predicted molar refractivity (Wildman–Crippen MR) is 85.3 cm³/mol. The number of alkyl carbamates (subject to hydrolysis) is 1. The summed E-state index contributed by atoms with van der Waals surface area (Å²) in [5, 5.41) is 17.5. The van der Waals surface area contributed by atoms with Gasteiger partial charge in [0.25, 0.3) is 0 Å². The van der Waals surface area contributed by atoms with Gasteiger partial charge < -0.3 is 20.5 Å². The molecule has 1 aliphatic carbocycles. The molecule has 3 N–H and O–H groups in total. The number of nitrogens with one attached hydrogen (secondary N) is 2. The van der Waals surface area contributed by atoms with E-state index in [0.717, 1.165) is 5.56 Å². The lowest BCUT2D eigenvalue weighted by Crippen LogP contribution is -2.50. The summed E-state index contributed by atoms with van der Waals surface area (Å²) in [7, 11) is 0. The van der Waals surface area contributed by atoms with Gasteiger partial charge in [-0.15, -0.1) is 0 Å². The van der Waals surface area contributed by atoms with Crippen molar-refractivity contribution >= 4 is 12.2 Å². The maximum Gasteiger partial charge on any atom is 0.407 e. The number of carboxylic acid groups (broad SMARTS) is 1. The van der Waals surface area contributed by atoms with Crippen LogP contribution in [0.15, 0.2) is 35.4 Å². The molecule has 0 bridgehead atoms. The van der Waals surface area contributed by atoms with Gasteiger partial charge in [-0.3, -0.25) is 0 Å². The van der Waals surface area contributed by atoms with Crippen LogP contribution in [-0.2, 0) is 11.3 Å². The number of hydrogen-bond donors (Lipinski definition) is 3. The van der Waals surface area contributed by atoms with E-state index in [4.69, 9.17) is 15.4 Å². The SMILES string of the molecule is [N-]=[N+]=NC1CC(NC(=O)OCc2ccccc2)CCC1NC(=O)O. The lowest BCUT2D eigenvalue weighted by Gasteiger charge is -2.33. The molecular formula is C15H19N5O4. The molecular weight excluding hydrogens is 314 g/mol. The van der Waals surface area contributed by atoms with Crippen LogP contribution in [0.2, 0.25) is 0 Å². The van der Waals surface area contributed by atoms with Gasteiger partial charge in [-0.1, -0.05) is 35.4 Å². The van der Waals surface area contributed by atoms with Gasteiger partial charge in [0.2, 0.25) is 0 Å². The van der Waals surface area contributed by atoms with Crippen molar-refractivity contribution in [2.75, 3.05) is 0 Å². The number of benzene rings is 1. The first-order chi connectivity index (χ1) is 11.6. The number of azide groups is 1. The van der Waals surface area contributed by atoms with Crippen LogP contribution in [0, 0.1) is 0 Å².